The van der Waals surface area contributed by atoms with Gasteiger partial charge in [-0.15, -0.1) is 0 Å². The van der Waals surface area contributed by atoms with E-state index in [0.29, 0.717) is 13.2 Å². The Hall–Kier alpha value is -2.43. The molecular formula is C15H14N2O3. The minimum Gasteiger partial charge on any atom is -0.489 e. The predicted molar refractivity (Wildman–Crippen MR) is 74.1 cm³/mol. The molecule has 0 saturated heterocycles. The molecule has 0 bridgehead atoms. The number of rotatable bonds is 1. The quantitative estimate of drug-likeness (QED) is 0.737. The van der Waals surface area contributed by atoms with Gasteiger partial charge in [0.15, 0.2) is 23.1 Å². The highest BCUT2D eigenvalue weighted by Gasteiger charge is 2.16. The molecule has 20 heavy (non-hydrogen) atoms. The molecule has 5 nitrogen and oxygen atoms in total. The molecule has 102 valence electrons. The molecule has 3 aromatic rings. The molecule has 1 aliphatic heterocycles. The number of imidazole rings is 1. The number of nitrogens with zero attached hydrogens (tertiary/aromatic N) is 1. The van der Waals surface area contributed by atoms with Gasteiger partial charge in [-0.2, -0.15) is 0 Å². The van der Waals surface area contributed by atoms with Gasteiger partial charge in [-0.3, -0.25) is 0 Å². The average Bonchev–Trinajstić information content (AvgIpc) is 2.96. The van der Waals surface area contributed by atoms with Crippen LogP contribution in [0.4, 0.5) is 0 Å². The number of nitrogens with one attached hydrogen (secondary N) is 1. The average molecular weight is 270 g/mol. The van der Waals surface area contributed by atoms with Crippen LogP contribution in [0.5, 0.6) is 11.5 Å². The van der Waals surface area contributed by atoms with Crippen molar-refractivity contribution in [2.75, 3.05) is 13.2 Å². The van der Waals surface area contributed by atoms with Crippen LogP contribution in [-0.4, -0.2) is 23.2 Å². The minimum atomic E-state index is 0.674. The van der Waals surface area contributed by atoms with Crippen LogP contribution in [-0.2, 0) is 0 Å². The SMILES string of the molecule is Cc1ccoc1-c1nc2cc3c(cc2[nH]1)OCCCO3. The van der Waals surface area contributed by atoms with Gasteiger partial charge in [0.1, 0.15) is 0 Å². The number of hydrogen-bond acceptors (Lipinski definition) is 4. The Labute approximate surface area is 115 Å². The molecule has 0 amide bonds. The first-order valence-electron chi connectivity index (χ1n) is 6.65. The second kappa shape index (κ2) is 4.30. The van der Waals surface area contributed by atoms with Gasteiger partial charge in [0, 0.05) is 18.6 Å². The van der Waals surface area contributed by atoms with Crippen molar-refractivity contribution in [2.24, 2.45) is 0 Å². The fourth-order valence-corrected chi connectivity index (χ4v) is 2.39. The Morgan fingerprint density at radius 2 is 1.95 bits per heavy atom. The maximum atomic E-state index is 5.68. The zero-order chi connectivity index (χ0) is 13.5. The fraction of sp³-hybridized carbons (Fsp3) is 0.267. The summed E-state index contributed by atoms with van der Waals surface area (Å²) in [6.45, 7) is 3.34. The first-order chi connectivity index (χ1) is 9.81. The van der Waals surface area contributed by atoms with E-state index in [1.54, 1.807) is 6.26 Å². The third-order valence-electron chi connectivity index (χ3n) is 3.43. The third kappa shape index (κ3) is 1.74. The molecule has 0 saturated carbocycles. The monoisotopic (exact) mass is 270 g/mol. The number of furan rings is 1. The Morgan fingerprint density at radius 1 is 1.15 bits per heavy atom. The van der Waals surface area contributed by atoms with Crippen molar-refractivity contribution in [1.29, 1.82) is 0 Å². The van der Waals surface area contributed by atoms with Crippen molar-refractivity contribution in [3.05, 3.63) is 30.0 Å². The zero-order valence-corrected chi connectivity index (χ0v) is 11.1. The van der Waals surface area contributed by atoms with Crippen LogP contribution in [0.1, 0.15) is 12.0 Å². The van der Waals surface area contributed by atoms with Gasteiger partial charge in [0.05, 0.1) is 30.5 Å². The summed E-state index contributed by atoms with van der Waals surface area (Å²) in [5, 5.41) is 0. The second-order valence-electron chi connectivity index (χ2n) is 4.88. The largest absolute Gasteiger partial charge is 0.489 e. The van der Waals surface area contributed by atoms with Crippen LogP contribution >= 0.6 is 0 Å². The first kappa shape index (κ1) is 11.4. The van der Waals surface area contributed by atoms with Gasteiger partial charge >= 0.3 is 0 Å². The van der Waals surface area contributed by atoms with E-state index < -0.39 is 0 Å². The van der Waals surface area contributed by atoms with Crippen LogP contribution in [0.15, 0.2) is 28.9 Å². The normalized spacial score (nSPS) is 14.4. The van der Waals surface area contributed by atoms with Gasteiger partial charge in [-0.1, -0.05) is 0 Å². The maximum absolute atomic E-state index is 5.68. The lowest BCUT2D eigenvalue weighted by Crippen LogP contribution is -1.97. The van der Waals surface area contributed by atoms with Gasteiger partial charge in [-0.25, -0.2) is 4.98 Å². The maximum Gasteiger partial charge on any atom is 0.174 e. The fourth-order valence-electron chi connectivity index (χ4n) is 2.39. The second-order valence-corrected chi connectivity index (χ2v) is 4.88. The van der Waals surface area contributed by atoms with Crippen molar-refractivity contribution < 1.29 is 13.9 Å². The summed E-state index contributed by atoms with van der Waals surface area (Å²) in [4.78, 5) is 7.84. The van der Waals surface area contributed by atoms with E-state index in [-0.39, 0.29) is 0 Å². The summed E-state index contributed by atoms with van der Waals surface area (Å²) >= 11 is 0. The molecule has 5 heteroatoms. The van der Waals surface area contributed by atoms with E-state index in [1.165, 1.54) is 0 Å². The van der Waals surface area contributed by atoms with E-state index in [9.17, 15) is 0 Å². The Morgan fingerprint density at radius 3 is 2.70 bits per heavy atom. The van der Waals surface area contributed by atoms with Crippen molar-refractivity contribution in [1.82, 2.24) is 9.97 Å². The van der Waals surface area contributed by atoms with Crippen molar-refractivity contribution in [2.45, 2.75) is 13.3 Å². The Balaban J connectivity index is 1.86. The number of hydrogen-bond donors (Lipinski definition) is 1. The predicted octanol–water partition coefficient (Wildman–Crippen LogP) is 3.29. The lowest BCUT2D eigenvalue weighted by molar-refractivity contribution is 0.297. The van der Waals surface area contributed by atoms with Crippen LogP contribution < -0.4 is 9.47 Å². The summed E-state index contributed by atoms with van der Waals surface area (Å²) < 4.78 is 16.8. The lowest BCUT2D eigenvalue weighted by Gasteiger charge is -2.05. The standard InChI is InChI=1S/C15H14N2O3/c1-9-3-6-20-14(9)15-16-10-7-12-13(8-11(10)17-15)19-5-2-4-18-12/h3,6-8H,2,4-5H2,1H3,(H,16,17). The van der Waals surface area contributed by atoms with Gasteiger partial charge < -0.3 is 18.9 Å². The number of aromatic nitrogens is 2. The summed E-state index contributed by atoms with van der Waals surface area (Å²) in [6, 6.07) is 5.77. The number of benzene rings is 1. The van der Waals surface area contributed by atoms with Gasteiger partial charge in [0.25, 0.3) is 0 Å². The topological polar surface area (TPSA) is 60.3 Å². The van der Waals surface area contributed by atoms with Crippen LogP contribution in [0.25, 0.3) is 22.6 Å². The number of H-pyrrole nitrogens is 1. The number of aromatic amines is 1. The molecular weight excluding hydrogens is 256 g/mol. The minimum absolute atomic E-state index is 0.674. The molecule has 0 aliphatic carbocycles. The summed E-state index contributed by atoms with van der Waals surface area (Å²) in [5.74, 6) is 3.01. The van der Waals surface area contributed by atoms with Gasteiger partial charge in [-0.05, 0) is 18.6 Å². The summed E-state index contributed by atoms with van der Waals surface area (Å²) in [6.07, 6.45) is 2.56. The smallest absolute Gasteiger partial charge is 0.174 e. The number of fused-ring (bicyclic) bond motifs is 2. The van der Waals surface area contributed by atoms with E-state index >= 15 is 0 Å². The molecule has 4 rings (SSSR count). The number of aryl methyl sites for hydroxylation is 1. The van der Waals surface area contributed by atoms with Crippen LogP contribution in [0.3, 0.4) is 0 Å². The van der Waals surface area contributed by atoms with E-state index in [4.69, 9.17) is 13.9 Å². The van der Waals surface area contributed by atoms with Crippen molar-refractivity contribution in [3.63, 3.8) is 0 Å². The van der Waals surface area contributed by atoms with E-state index in [2.05, 4.69) is 9.97 Å². The molecule has 0 fully saturated rings. The summed E-state index contributed by atoms with van der Waals surface area (Å²) in [5.41, 5.74) is 2.82. The molecule has 3 heterocycles. The van der Waals surface area contributed by atoms with Crippen LogP contribution in [0, 0.1) is 6.92 Å². The molecule has 1 aromatic carbocycles. The molecule has 0 radical (unpaired) electrons. The number of ether oxygens (including phenoxy) is 2. The molecule has 1 aliphatic rings. The lowest BCUT2D eigenvalue weighted by atomic mass is 10.3. The van der Waals surface area contributed by atoms with E-state index in [1.807, 2.05) is 25.1 Å². The van der Waals surface area contributed by atoms with Crippen molar-refractivity contribution in [3.8, 4) is 23.1 Å². The molecule has 0 unspecified atom stereocenters. The highest BCUT2D eigenvalue weighted by Crippen LogP contribution is 2.34. The Bertz CT molecular complexity index is 730. The molecule has 1 N–H and O–H groups in total. The Kier molecular flexibility index (Phi) is 2.45. The summed E-state index contributed by atoms with van der Waals surface area (Å²) in [7, 11) is 0. The highest BCUT2D eigenvalue weighted by molar-refractivity contribution is 5.82. The first-order valence-corrected chi connectivity index (χ1v) is 6.65. The van der Waals surface area contributed by atoms with Crippen molar-refractivity contribution >= 4 is 11.0 Å². The van der Waals surface area contributed by atoms with E-state index in [0.717, 1.165) is 46.1 Å². The third-order valence-corrected chi connectivity index (χ3v) is 3.43. The highest BCUT2D eigenvalue weighted by atomic mass is 16.5. The molecule has 0 spiro atoms. The molecule has 2 aromatic heterocycles. The molecule has 0 atom stereocenters. The van der Waals surface area contributed by atoms with Crippen LogP contribution in [0.2, 0.25) is 0 Å². The van der Waals surface area contributed by atoms with Gasteiger partial charge in [0.2, 0.25) is 0 Å². The zero-order valence-electron chi connectivity index (χ0n) is 11.1.